The summed E-state index contributed by atoms with van der Waals surface area (Å²) in [5, 5.41) is 2.81. The highest BCUT2D eigenvalue weighted by Crippen LogP contribution is 2.23. The Morgan fingerprint density at radius 2 is 2.14 bits per heavy atom. The molecule has 0 aliphatic rings. The van der Waals surface area contributed by atoms with Gasteiger partial charge in [0.05, 0.1) is 6.20 Å². The lowest BCUT2D eigenvalue weighted by molar-refractivity contribution is 0.102. The highest BCUT2D eigenvalue weighted by molar-refractivity contribution is 9.10. The molecule has 0 atom stereocenters. The second-order valence-electron chi connectivity index (χ2n) is 4.23. The van der Waals surface area contributed by atoms with Crippen LogP contribution in [0.25, 0.3) is 11.3 Å². The monoisotopic (exact) mass is 343 g/mol. The van der Waals surface area contributed by atoms with Crippen molar-refractivity contribution in [2.75, 3.05) is 5.32 Å². The first-order valence-electron chi connectivity index (χ1n) is 6.15. The minimum Gasteiger partial charge on any atom is -0.444 e. The number of hydrogen-bond acceptors (Lipinski definition) is 4. The lowest BCUT2D eigenvalue weighted by Gasteiger charge is -2.07. The van der Waals surface area contributed by atoms with E-state index in [1.54, 1.807) is 30.6 Å². The average Bonchev–Trinajstić information content (AvgIpc) is 3.02. The van der Waals surface area contributed by atoms with Crippen LogP contribution < -0.4 is 5.32 Å². The summed E-state index contributed by atoms with van der Waals surface area (Å²) in [5.41, 5.74) is 1.83. The highest BCUT2D eigenvalue weighted by Gasteiger charge is 2.12. The Balaban J connectivity index is 1.84. The van der Waals surface area contributed by atoms with Gasteiger partial charge in [-0.3, -0.25) is 4.79 Å². The van der Waals surface area contributed by atoms with E-state index < -0.39 is 0 Å². The second kappa shape index (κ2) is 5.88. The molecule has 0 fully saturated rings. The van der Waals surface area contributed by atoms with Gasteiger partial charge in [0.15, 0.2) is 12.2 Å². The number of aromatic nitrogens is 2. The summed E-state index contributed by atoms with van der Waals surface area (Å²) in [7, 11) is 0. The van der Waals surface area contributed by atoms with Crippen LogP contribution in [0.4, 0.5) is 5.69 Å². The molecule has 1 amide bonds. The summed E-state index contributed by atoms with van der Waals surface area (Å²) < 4.78 is 5.89. The van der Waals surface area contributed by atoms with E-state index in [1.807, 2.05) is 18.2 Å². The zero-order valence-electron chi connectivity index (χ0n) is 10.8. The number of carbonyl (C=O) groups is 1. The molecule has 6 heteroatoms. The van der Waals surface area contributed by atoms with Crippen molar-refractivity contribution in [2.45, 2.75) is 0 Å². The number of benzene rings is 1. The summed E-state index contributed by atoms with van der Waals surface area (Å²) >= 11 is 3.31. The quantitative estimate of drug-likeness (QED) is 0.786. The van der Waals surface area contributed by atoms with E-state index in [0.29, 0.717) is 21.6 Å². The number of carbonyl (C=O) groups excluding carboxylic acids is 1. The number of halogens is 1. The maximum atomic E-state index is 12.2. The molecule has 3 aromatic rings. The van der Waals surface area contributed by atoms with E-state index in [0.717, 1.165) is 5.56 Å². The van der Waals surface area contributed by atoms with Crippen molar-refractivity contribution in [3.8, 4) is 11.3 Å². The summed E-state index contributed by atoms with van der Waals surface area (Å²) in [6.45, 7) is 0. The number of oxazole rings is 1. The third kappa shape index (κ3) is 3.00. The van der Waals surface area contributed by atoms with Gasteiger partial charge < -0.3 is 9.73 Å². The predicted molar refractivity (Wildman–Crippen MR) is 81.8 cm³/mol. The molecular weight excluding hydrogens is 334 g/mol. The third-order valence-corrected chi connectivity index (χ3v) is 3.45. The Labute approximate surface area is 129 Å². The van der Waals surface area contributed by atoms with Gasteiger partial charge in [0, 0.05) is 21.9 Å². The first-order chi connectivity index (χ1) is 10.2. The molecule has 0 spiro atoms. The number of anilines is 1. The molecule has 0 bridgehead atoms. The van der Waals surface area contributed by atoms with Crippen molar-refractivity contribution < 1.29 is 9.21 Å². The number of amides is 1. The van der Waals surface area contributed by atoms with Crippen molar-refractivity contribution >= 4 is 27.5 Å². The normalized spacial score (nSPS) is 10.3. The summed E-state index contributed by atoms with van der Waals surface area (Å²) in [5.74, 6) is 0.363. The van der Waals surface area contributed by atoms with Gasteiger partial charge in [-0.15, -0.1) is 0 Å². The van der Waals surface area contributed by atoms with Gasteiger partial charge in [0.2, 0.25) is 0 Å². The Hall–Kier alpha value is -2.47. The molecule has 0 aliphatic carbocycles. The first-order valence-corrected chi connectivity index (χ1v) is 6.94. The second-order valence-corrected chi connectivity index (χ2v) is 5.09. The molecule has 0 aliphatic heterocycles. The van der Waals surface area contributed by atoms with Crippen LogP contribution in [-0.2, 0) is 0 Å². The molecule has 2 aromatic heterocycles. The van der Waals surface area contributed by atoms with Crippen LogP contribution >= 0.6 is 15.9 Å². The molecule has 1 N–H and O–H groups in total. The van der Waals surface area contributed by atoms with E-state index in [1.165, 1.54) is 6.39 Å². The minimum absolute atomic E-state index is 0.280. The van der Waals surface area contributed by atoms with Crippen LogP contribution in [0.3, 0.4) is 0 Å². The van der Waals surface area contributed by atoms with Crippen molar-refractivity contribution in [1.82, 2.24) is 9.97 Å². The van der Waals surface area contributed by atoms with Crippen LogP contribution in [0.1, 0.15) is 10.5 Å². The molecule has 0 unspecified atom stereocenters. The molecule has 5 nitrogen and oxygen atoms in total. The Kier molecular flexibility index (Phi) is 3.79. The van der Waals surface area contributed by atoms with Gasteiger partial charge in [0.1, 0.15) is 5.69 Å². The van der Waals surface area contributed by atoms with Crippen LogP contribution in [0.2, 0.25) is 0 Å². The summed E-state index contributed by atoms with van der Waals surface area (Å²) in [4.78, 5) is 20.1. The van der Waals surface area contributed by atoms with Gasteiger partial charge >= 0.3 is 0 Å². The molecule has 0 radical (unpaired) electrons. The van der Waals surface area contributed by atoms with E-state index in [2.05, 4.69) is 31.2 Å². The SMILES string of the molecule is O=C(Nc1cccc(-c2cnco2)c1)c1ncccc1Br. The maximum Gasteiger partial charge on any atom is 0.275 e. The lowest BCUT2D eigenvalue weighted by Crippen LogP contribution is -2.14. The van der Waals surface area contributed by atoms with Gasteiger partial charge in [-0.25, -0.2) is 9.97 Å². The Morgan fingerprint density at radius 1 is 1.24 bits per heavy atom. The Morgan fingerprint density at radius 3 is 2.90 bits per heavy atom. The largest absolute Gasteiger partial charge is 0.444 e. The summed E-state index contributed by atoms with van der Waals surface area (Å²) in [6, 6.07) is 10.9. The fourth-order valence-electron chi connectivity index (χ4n) is 1.85. The lowest BCUT2D eigenvalue weighted by atomic mass is 10.1. The number of nitrogens with zero attached hydrogens (tertiary/aromatic N) is 2. The van der Waals surface area contributed by atoms with Crippen LogP contribution in [0.5, 0.6) is 0 Å². The highest BCUT2D eigenvalue weighted by atomic mass is 79.9. The van der Waals surface area contributed by atoms with E-state index in [9.17, 15) is 4.79 Å². The Bertz CT molecular complexity index is 772. The van der Waals surface area contributed by atoms with Crippen molar-refractivity contribution in [2.24, 2.45) is 0 Å². The maximum absolute atomic E-state index is 12.2. The van der Waals surface area contributed by atoms with E-state index >= 15 is 0 Å². The third-order valence-electron chi connectivity index (χ3n) is 2.81. The number of hydrogen-bond donors (Lipinski definition) is 1. The number of rotatable bonds is 3. The van der Waals surface area contributed by atoms with Crippen molar-refractivity contribution in [1.29, 1.82) is 0 Å². The topological polar surface area (TPSA) is 68.0 Å². The molecule has 0 saturated carbocycles. The van der Waals surface area contributed by atoms with Crippen LogP contribution in [0, 0.1) is 0 Å². The van der Waals surface area contributed by atoms with Gasteiger partial charge in [-0.1, -0.05) is 12.1 Å². The van der Waals surface area contributed by atoms with Crippen LogP contribution in [0.15, 0.2) is 64.1 Å². The molecule has 1 aromatic carbocycles. The van der Waals surface area contributed by atoms with Gasteiger partial charge in [-0.2, -0.15) is 0 Å². The summed E-state index contributed by atoms with van der Waals surface area (Å²) in [6.07, 6.45) is 4.56. The van der Waals surface area contributed by atoms with Crippen LogP contribution in [-0.4, -0.2) is 15.9 Å². The molecule has 0 saturated heterocycles. The fourth-order valence-corrected chi connectivity index (χ4v) is 2.29. The van der Waals surface area contributed by atoms with Crippen molar-refractivity contribution in [3.05, 3.63) is 65.4 Å². The van der Waals surface area contributed by atoms with Gasteiger partial charge in [0.25, 0.3) is 5.91 Å². The number of nitrogens with one attached hydrogen (secondary N) is 1. The first kappa shape index (κ1) is 13.5. The fraction of sp³-hybridized carbons (Fsp3) is 0. The molecule has 2 heterocycles. The zero-order chi connectivity index (χ0) is 14.7. The number of pyridine rings is 1. The van der Waals surface area contributed by atoms with E-state index in [4.69, 9.17) is 4.42 Å². The molecular formula is C15H10BrN3O2. The smallest absolute Gasteiger partial charge is 0.275 e. The molecule has 3 rings (SSSR count). The van der Waals surface area contributed by atoms with E-state index in [-0.39, 0.29) is 5.91 Å². The molecule has 21 heavy (non-hydrogen) atoms. The minimum atomic E-state index is -0.280. The van der Waals surface area contributed by atoms with Crippen molar-refractivity contribution in [3.63, 3.8) is 0 Å². The molecule has 104 valence electrons. The standard InChI is InChI=1S/C15H10BrN3O2/c16-12-5-2-6-18-14(12)15(20)19-11-4-1-3-10(7-11)13-8-17-9-21-13/h1-9H,(H,19,20). The predicted octanol–water partition coefficient (Wildman–Crippen LogP) is 3.75. The average molecular weight is 344 g/mol. The zero-order valence-corrected chi connectivity index (χ0v) is 12.4. The van der Waals surface area contributed by atoms with Gasteiger partial charge in [-0.05, 0) is 40.2 Å².